The third-order valence-electron chi connectivity index (χ3n) is 3.69. The SMILES string of the molecule is CC(C)n1c(N)nnc1SCC(O)CC1CCCC1. The maximum absolute atomic E-state index is 10.1. The fraction of sp³-hybridized carbons (Fsp3) is 0.846. The molecule has 6 heteroatoms. The zero-order valence-electron chi connectivity index (χ0n) is 11.7. The smallest absolute Gasteiger partial charge is 0.222 e. The van der Waals surface area contributed by atoms with Crippen LogP contribution in [0.5, 0.6) is 0 Å². The van der Waals surface area contributed by atoms with Crippen molar-refractivity contribution in [2.75, 3.05) is 11.5 Å². The topological polar surface area (TPSA) is 77.0 Å². The highest BCUT2D eigenvalue weighted by atomic mass is 32.2. The van der Waals surface area contributed by atoms with Crippen LogP contribution in [0.1, 0.15) is 52.0 Å². The molecule has 1 aromatic rings. The molecule has 1 fully saturated rings. The number of rotatable bonds is 6. The van der Waals surface area contributed by atoms with Crippen LogP contribution >= 0.6 is 11.8 Å². The summed E-state index contributed by atoms with van der Waals surface area (Å²) in [5.74, 6) is 1.83. The Balaban J connectivity index is 1.84. The molecule has 1 saturated carbocycles. The van der Waals surface area contributed by atoms with Gasteiger partial charge in [0.2, 0.25) is 5.95 Å². The Morgan fingerprint density at radius 1 is 1.37 bits per heavy atom. The Labute approximate surface area is 119 Å². The van der Waals surface area contributed by atoms with Gasteiger partial charge in [-0.1, -0.05) is 37.4 Å². The molecule has 2 rings (SSSR count). The van der Waals surface area contributed by atoms with Gasteiger partial charge >= 0.3 is 0 Å². The summed E-state index contributed by atoms with van der Waals surface area (Å²) in [5, 5.41) is 18.9. The van der Waals surface area contributed by atoms with Gasteiger partial charge in [-0.15, -0.1) is 10.2 Å². The summed E-state index contributed by atoms with van der Waals surface area (Å²) < 4.78 is 1.91. The van der Waals surface area contributed by atoms with Gasteiger partial charge in [0, 0.05) is 11.8 Å². The first-order valence-corrected chi connectivity index (χ1v) is 8.07. The molecule has 1 aromatic heterocycles. The van der Waals surface area contributed by atoms with E-state index in [1.807, 2.05) is 4.57 Å². The standard InChI is InChI=1S/C13H24N4OS/c1-9(2)17-12(14)15-16-13(17)19-8-11(18)7-10-5-3-4-6-10/h9-11,18H,3-8H2,1-2H3,(H2,14,15). The van der Waals surface area contributed by atoms with Crippen LogP contribution in [0.15, 0.2) is 5.16 Å². The van der Waals surface area contributed by atoms with Crippen LogP contribution < -0.4 is 5.73 Å². The first-order valence-electron chi connectivity index (χ1n) is 7.09. The van der Waals surface area contributed by atoms with Crippen LogP contribution in [0.4, 0.5) is 5.95 Å². The zero-order valence-corrected chi connectivity index (χ0v) is 12.6. The van der Waals surface area contributed by atoms with Crippen molar-refractivity contribution >= 4 is 17.7 Å². The van der Waals surface area contributed by atoms with Gasteiger partial charge in [0.25, 0.3) is 0 Å². The quantitative estimate of drug-likeness (QED) is 0.785. The minimum atomic E-state index is -0.258. The van der Waals surface area contributed by atoms with Crippen molar-refractivity contribution in [3.63, 3.8) is 0 Å². The van der Waals surface area contributed by atoms with E-state index in [2.05, 4.69) is 24.0 Å². The molecular weight excluding hydrogens is 260 g/mol. The lowest BCUT2D eigenvalue weighted by molar-refractivity contribution is 0.165. The van der Waals surface area contributed by atoms with Gasteiger partial charge in [0.1, 0.15) is 0 Å². The number of nitrogens with zero attached hydrogens (tertiary/aromatic N) is 3. The normalized spacial score (nSPS) is 18.3. The number of aromatic nitrogens is 3. The van der Waals surface area contributed by atoms with E-state index in [1.54, 1.807) is 11.8 Å². The minimum absolute atomic E-state index is 0.240. The molecule has 5 nitrogen and oxygen atoms in total. The highest BCUT2D eigenvalue weighted by Gasteiger charge is 2.20. The second-order valence-corrected chi connectivity index (χ2v) is 6.64. The Morgan fingerprint density at radius 3 is 2.68 bits per heavy atom. The largest absolute Gasteiger partial charge is 0.392 e. The summed E-state index contributed by atoms with van der Waals surface area (Å²) in [4.78, 5) is 0. The average molecular weight is 284 g/mol. The van der Waals surface area contributed by atoms with Crippen molar-refractivity contribution < 1.29 is 5.11 Å². The van der Waals surface area contributed by atoms with E-state index in [9.17, 15) is 5.11 Å². The Kier molecular flexibility index (Phi) is 5.10. The van der Waals surface area contributed by atoms with E-state index in [-0.39, 0.29) is 12.1 Å². The minimum Gasteiger partial charge on any atom is -0.392 e. The Bertz CT molecular complexity index is 401. The third kappa shape index (κ3) is 3.86. The van der Waals surface area contributed by atoms with Crippen LogP contribution in [0, 0.1) is 5.92 Å². The van der Waals surface area contributed by atoms with E-state index < -0.39 is 0 Å². The molecule has 0 amide bonds. The number of hydrogen-bond donors (Lipinski definition) is 2. The van der Waals surface area contributed by atoms with Crippen LogP contribution in [-0.2, 0) is 0 Å². The van der Waals surface area contributed by atoms with Crippen molar-refractivity contribution in [3.05, 3.63) is 0 Å². The van der Waals surface area contributed by atoms with Crippen molar-refractivity contribution in [2.24, 2.45) is 5.92 Å². The van der Waals surface area contributed by atoms with Gasteiger partial charge in [-0.05, 0) is 26.2 Å². The van der Waals surface area contributed by atoms with Crippen molar-refractivity contribution in [3.8, 4) is 0 Å². The van der Waals surface area contributed by atoms with Gasteiger partial charge in [-0.3, -0.25) is 4.57 Å². The Hall–Kier alpha value is -0.750. The zero-order chi connectivity index (χ0) is 13.8. The number of hydrogen-bond acceptors (Lipinski definition) is 5. The van der Waals surface area contributed by atoms with Gasteiger partial charge in [0.05, 0.1) is 6.10 Å². The number of aliphatic hydroxyl groups is 1. The lowest BCUT2D eigenvalue weighted by Gasteiger charge is -2.16. The molecule has 0 saturated heterocycles. The fourth-order valence-electron chi connectivity index (χ4n) is 2.74. The average Bonchev–Trinajstić information content (AvgIpc) is 2.96. The summed E-state index contributed by atoms with van der Waals surface area (Å²) in [6, 6.07) is 0.240. The molecule has 1 aliphatic carbocycles. The fourth-order valence-corrected chi connectivity index (χ4v) is 3.76. The molecule has 0 spiro atoms. The van der Waals surface area contributed by atoms with E-state index in [4.69, 9.17) is 5.73 Å². The van der Waals surface area contributed by atoms with Crippen molar-refractivity contribution in [1.82, 2.24) is 14.8 Å². The predicted molar refractivity (Wildman–Crippen MR) is 78.1 cm³/mol. The number of nitrogens with two attached hydrogens (primary N) is 1. The van der Waals surface area contributed by atoms with Crippen LogP contribution in [0.3, 0.4) is 0 Å². The first-order chi connectivity index (χ1) is 9.08. The Morgan fingerprint density at radius 2 is 2.05 bits per heavy atom. The number of aliphatic hydroxyl groups excluding tert-OH is 1. The molecule has 19 heavy (non-hydrogen) atoms. The van der Waals surface area contributed by atoms with Gasteiger partial charge in [-0.25, -0.2) is 0 Å². The molecule has 108 valence electrons. The van der Waals surface area contributed by atoms with Crippen LogP contribution in [0.25, 0.3) is 0 Å². The van der Waals surface area contributed by atoms with Gasteiger partial charge in [0.15, 0.2) is 5.16 Å². The molecule has 3 N–H and O–H groups in total. The number of thioether (sulfide) groups is 1. The lowest BCUT2D eigenvalue weighted by atomic mass is 10.0. The van der Waals surface area contributed by atoms with Gasteiger partial charge < -0.3 is 10.8 Å². The first kappa shape index (κ1) is 14.7. The van der Waals surface area contributed by atoms with Crippen LogP contribution in [-0.4, -0.2) is 31.7 Å². The van der Waals surface area contributed by atoms with E-state index >= 15 is 0 Å². The highest BCUT2D eigenvalue weighted by Crippen LogP contribution is 2.30. The maximum atomic E-state index is 10.1. The molecule has 1 heterocycles. The maximum Gasteiger partial charge on any atom is 0.222 e. The summed E-state index contributed by atoms with van der Waals surface area (Å²) in [6.07, 6.45) is 5.85. The van der Waals surface area contributed by atoms with E-state index in [0.717, 1.165) is 11.6 Å². The summed E-state index contributed by atoms with van der Waals surface area (Å²) >= 11 is 1.55. The molecule has 0 aliphatic heterocycles. The lowest BCUT2D eigenvalue weighted by Crippen LogP contribution is -2.15. The highest BCUT2D eigenvalue weighted by molar-refractivity contribution is 7.99. The molecule has 0 radical (unpaired) electrons. The molecule has 0 bridgehead atoms. The number of anilines is 1. The predicted octanol–water partition coefficient (Wildman–Crippen LogP) is 2.47. The number of nitrogen functional groups attached to an aromatic ring is 1. The molecule has 1 atom stereocenters. The van der Waals surface area contributed by atoms with Crippen molar-refractivity contribution in [2.45, 2.75) is 63.3 Å². The summed E-state index contributed by atoms with van der Waals surface area (Å²) in [6.45, 7) is 4.11. The molecule has 1 aliphatic rings. The molecule has 1 unspecified atom stereocenters. The second-order valence-electron chi connectivity index (χ2n) is 5.66. The van der Waals surface area contributed by atoms with Gasteiger partial charge in [-0.2, -0.15) is 0 Å². The monoisotopic (exact) mass is 284 g/mol. The van der Waals surface area contributed by atoms with Crippen LogP contribution in [0.2, 0.25) is 0 Å². The molecule has 0 aromatic carbocycles. The second kappa shape index (κ2) is 6.61. The summed E-state index contributed by atoms with van der Waals surface area (Å²) in [5.41, 5.74) is 5.79. The third-order valence-corrected chi connectivity index (χ3v) is 4.78. The van der Waals surface area contributed by atoms with E-state index in [1.165, 1.54) is 25.7 Å². The van der Waals surface area contributed by atoms with E-state index in [0.29, 0.717) is 17.6 Å². The van der Waals surface area contributed by atoms with Crippen molar-refractivity contribution in [1.29, 1.82) is 0 Å². The summed E-state index contributed by atoms with van der Waals surface area (Å²) in [7, 11) is 0. The molecular formula is C13H24N4OS.